The second-order valence-electron chi connectivity index (χ2n) is 7.03. The second-order valence-corrected chi connectivity index (χ2v) is 16.4. The molecule has 3 aromatic carbocycles. The summed E-state index contributed by atoms with van der Waals surface area (Å²) in [4.78, 5) is 0. The summed E-state index contributed by atoms with van der Waals surface area (Å²) in [6.07, 6.45) is 8.92. The zero-order valence-corrected chi connectivity index (χ0v) is 19.3. The summed E-state index contributed by atoms with van der Waals surface area (Å²) >= 11 is 10.3. The molecule has 3 aromatic rings. The van der Waals surface area contributed by atoms with Crippen LogP contribution in [0.2, 0.25) is 0 Å². The van der Waals surface area contributed by atoms with E-state index in [-0.39, 0.29) is 0 Å². The van der Waals surface area contributed by atoms with Gasteiger partial charge in [-0.2, -0.15) is 0 Å². The van der Waals surface area contributed by atoms with Gasteiger partial charge in [0.25, 0.3) is 0 Å². The summed E-state index contributed by atoms with van der Waals surface area (Å²) in [5.74, 6) is 0.740. The Hall–Kier alpha value is -1.40. The quantitative estimate of drug-likeness (QED) is 0.139. The minimum atomic E-state index is -2.80. The average molecular weight is 474 g/mol. The molecule has 0 fully saturated rings. The molecule has 3 heteroatoms. The molecule has 0 spiro atoms. The van der Waals surface area contributed by atoms with E-state index in [4.69, 9.17) is 11.6 Å². The van der Waals surface area contributed by atoms with E-state index in [1.54, 1.807) is 0 Å². The third kappa shape index (κ3) is 4.28. The molecule has 0 saturated carbocycles. The first kappa shape index (κ1) is 21.3. The van der Waals surface area contributed by atoms with Crippen molar-refractivity contribution in [2.75, 3.05) is 12.0 Å². The Morgan fingerprint density at radius 1 is 0.643 bits per heavy atom. The second kappa shape index (κ2) is 9.88. The van der Waals surface area contributed by atoms with Gasteiger partial charge >= 0.3 is 183 Å². The predicted octanol–water partition coefficient (Wildman–Crippen LogP) is 6.79. The molecule has 0 atom stereocenters. The maximum atomic E-state index is 5.82. The third-order valence-corrected chi connectivity index (χ3v) is 15.1. The zero-order chi connectivity index (χ0) is 19.7. The Morgan fingerprint density at radius 3 is 1.46 bits per heavy atom. The van der Waals surface area contributed by atoms with Crippen LogP contribution in [0.15, 0.2) is 103 Å². The molecule has 0 radical (unpaired) electrons. The Bertz CT molecular complexity index is 779. The standard InChI is InChI=1S/C25H27BrClP/c26-28(23-15-7-4-8-16-23,24-17-9-5-10-18-24,25-19-11-6-12-20-25)22-14-3-1-2-13-21-27/h3-12,14-20H,1-2,13,21-22H2. The van der Waals surface area contributed by atoms with E-state index in [2.05, 4.69) is 119 Å². The Labute approximate surface area is 182 Å². The fourth-order valence-corrected chi connectivity index (χ4v) is 11.0. The predicted molar refractivity (Wildman–Crippen MR) is 133 cm³/mol. The van der Waals surface area contributed by atoms with Crippen molar-refractivity contribution in [2.45, 2.75) is 19.3 Å². The molecule has 28 heavy (non-hydrogen) atoms. The number of benzene rings is 3. The monoisotopic (exact) mass is 472 g/mol. The topological polar surface area (TPSA) is 0 Å². The van der Waals surface area contributed by atoms with Gasteiger partial charge in [-0.3, -0.25) is 0 Å². The summed E-state index contributed by atoms with van der Waals surface area (Å²) in [6, 6.07) is 32.8. The van der Waals surface area contributed by atoms with Gasteiger partial charge in [0.1, 0.15) is 0 Å². The van der Waals surface area contributed by atoms with Crippen LogP contribution in [0.4, 0.5) is 0 Å². The van der Waals surface area contributed by atoms with Crippen LogP contribution in [-0.2, 0) is 0 Å². The number of unbranched alkanes of at least 4 members (excludes halogenated alkanes) is 2. The van der Waals surface area contributed by atoms with E-state index < -0.39 is 5.31 Å². The van der Waals surface area contributed by atoms with Crippen molar-refractivity contribution in [3.63, 3.8) is 0 Å². The van der Waals surface area contributed by atoms with E-state index in [1.165, 1.54) is 15.9 Å². The minimum absolute atomic E-state index is 0.740. The Balaban J connectivity index is 2.16. The maximum absolute atomic E-state index is 5.82. The summed E-state index contributed by atoms with van der Waals surface area (Å²) < 4.78 is 0. The van der Waals surface area contributed by atoms with Gasteiger partial charge in [0.05, 0.1) is 0 Å². The Morgan fingerprint density at radius 2 is 1.07 bits per heavy atom. The fourth-order valence-electron chi connectivity index (χ4n) is 3.73. The van der Waals surface area contributed by atoms with Crippen molar-refractivity contribution in [3.8, 4) is 0 Å². The fraction of sp³-hybridized carbons (Fsp3) is 0.200. The van der Waals surface area contributed by atoms with E-state index in [1.807, 2.05) is 0 Å². The van der Waals surface area contributed by atoms with Gasteiger partial charge in [0.2, 0.25) is 0 Å². The zero-order valence-electron chi connectivity index (χ0n) is 16.1. The number of hydrogen-bond acceptors (Lipinski definition) is 0. The molecule has 0 bridgehead atoms. The van der Waals surface area contributed by atoms with Crippen LogP contribution in [-0.4, -0.2) is 12.0 Å². The number of allylic oxidation sites excluding steroid dienone is 2. The van der Waals surface area contributed by atoms with Crippen LogP contribution in [0.1, 0.15) is 19.3 Å². The van der Waals surface area contributed by atoms with Gasteiger partial charge < -0.3 is 0 Å². The molecule has 0 aliphatic carbocycles. The van der Waals surface area contributed by atoms with Crippen molar-refractivity contribution in [2.24, 2.45) is 0 Å². The summed E-state index contributed by atoms with van der Waals surface area (Å²) in [6.45, 7) is 0. The van der Waals surface area contributed by atoms with Gasteiger partial charge in [0, 0.05) is 0 Å². The average Bonchev–Trinajstić information content (AvgIpc) is 2.78. The molecule has 0 N–H and O–H groups in total. The van der Waals surface area contributed by atoms with Gasteiger partial charge in [-0.05, 0) is 0 Å². The van der Waals surface area contributed by atoms with Crippen LogP contribution in [0, 0.1) is 0 Å². The molecule has 0 unspecified atom stereocenters. The summed E-state index contributed by atoms with van der Waals surface area (Å²) in [5.41, 5.74) is 0. The first-order valence-electron chi connectivity index (χ1n) is 9.81. The van der Waals surface area contributed by atoms with Crippen LogP contribution in [0.3, 0.4) is 0 Å². The van der Waals surface area contributed by atoms with Crippen LogP contribution in [0.5, 0.6) is 0 Å². The van der Waals surface area contributed by atoms with Crippen LogP contribution < -0.4 is 15.9 Å². The molecule has 0 saturated heterocycles. The van der Waals surface area contributed by atoms with E-state index in [0.29, 0.717) is 0 Å². The molecule has 0 amide bonds. The SMILES string of the molecule is ClCCCCC=CCP(Br)(c1ccccc1)(c1ccccc1)c1ccccc1. The van der Waals surface area contributed by atoms with E-state index in [0.717, 1.165) is 31.3 Å². The molecule has 0 heterocycles. The molecule has 0 nitrogen and oxygen atoms in total. The molecular formula is C25H27BrClP. The van der Waals surface area contributed by atoms with E-state index >= 15 is 0 Å². The van der Waals surface area contributed by atoms with Crippen LogP contribution >= 0.6 is 32.4 Å². The van der Waals surface area contributed by atoms with Crippen molar-refractivity contribution in [1.82, 2.24) is 0 Å². The molecule has 3 rings (SSSR count). The molecule has 0 aliphatic heterocycles. The number of rotatable bonds is 9. The van der Waals surface area contributed by atoms with Gasteiger partial charge in [-0.25, -0.2) is 0 Å². The van der Waals surface area contributed by atoms with Gasteiger partial charge in [0.15, 0.2) is 0 Å². The first-order valence-corrected chi connectivity index (χ1v) is 14.8. The summed E-state index contributed by atoms with van der Waals surface area (Å²) in [7, 11) is 0. The van der Waals surface area contributed by atoms with Crippen molar-refractivity contribution in [1.29, 1.82) is 0 Å². The number of halogens is 2. The van der Waals surface area contributed by atoms with Crippen molar-refractivity contribution >= 4 is 48.3 Å². The molecule has 146 valence electrons. The summed E-state index contributed by atoms with van der Waals surface area (Å²) in [5, 5.41) is 1.27. The van der Waals surface area contributed by atoms with Gasteiger partial charge in [-0.15, -0.1) is 0 Å². The Kier molecular flexibility index (Phi) is 7.52. The normalized spacial score (nSPS) is 13.3. The third-order valence-electron chi connectivity index (χ3n) is 5.25. The van der Waals surface area contributed by atoms with Crippen LogP contribution in [0.25, 0.3) is 0 Å². The molecule has 0 aliphatic rings. The number of alkyl halides is 1. The molecular weight excluding hydrogens is 447 g/mol. The molecule has 0 aromatic heterocycles. The first-order chi connectivity index (χ1) is 13.7. The van der Waals surface area contributed by atoms with E-state index in [9.17, 15) is 0 Å². The number of hydrogen-bond donors (Lipinski definition) is 0. The van der Waals surface area contributed by atoms with Crippen molar-refractivity contribution < 1.29 is 0 Å². The van der Waals surface area contributed by atoms with Gasteiger partial charge in [-0.1, -0.05) is 0 Å². The van der Waals surface area contributed by atoms with Crippen molar-refractivity contribution in [3.05, 3.63) is 103 Å².